The third kappa shape index (κ3) is 5.41. The van der Waals surface area contributed by atoms with Gasteiger partial charge in [0.2, 0.25) is 5.91 Å². The fourth-order valence-corrected chi connectivity index (χ4v) is 2.07. The molecule has 0 saturated carbocycles. The van der Waals surface area contributed by atoms with Gasteiger partial charge in [-0.1, -0.05) is 24.6 Å². The van der Waals surface area contributed by atoms with Crippen molar-refractivity contribution in [3.05, 3.63) is 29.3 Å². The summed E-state index contributed by atoms with van der Waals surface area (Å²) < 4.78 is 0. The summed E-state index contributed by atoms with van der Waals surface area (Å²) in [5.74, 6) is -0.0335. The van der Waals surface area contributed by atoms with Crippen LogP contribution in [0, 0.1) is 13.8 Å². The first kappa shape index (κ1) is 15.7. The summed E-state index contributed by atoms with van der Waals surface area (Å²) in [6, 6.07) is 5.96. The van der Waals surface area contributed by atoms with Crippen molar-refractivity contribution < 1.29 is 9.90 Å². The number of aryl methyl sites for hydroxylation is 2. The maximum atomic E-state index is 12.0. The molecule has 0 heterocycles. The molecule has 4 nitrogen and oxygen atoms in total. The molecule has 0 aliphatic carbocycles. The van der Waals surface area contributed by atoms with Crippen LogP contribution in [0.2, 0.25) is 0 Å². The summed E-state index contributed by atoms with van der Waals surface area (Å²) in [6.07, 6.45) is 0.969. The lowest BCUT2D eigenvalue weighted by atomic mass is 10.1. The van der Waals surface area contributed by atoms with Crippen LogP contribution < -0.4 is 5.32 Å². The number of aliphatic hydroxyl groups is 1. The van der Waals surface area contributed by atoms with Crippen molar-refractivity contribution >= 4 is 11.6 Å². The van der Waals surface area contributed by atoms with Crippen LogP contribution in [0.5, 0.6) is 0 Å². The molecule has 1 aromatic carbocycles. The Kier molecular flexibility index (Phi) is 6.53. The van der Waals surface area contributed by atoms with Gasteiger partial charge >= 0.3 is 0 Å². The summed E-state index contributed by atoms with van der Waals surface area (Å²) in [6.45, 7) is 7.84. The van der Waals surface area contributed by atoms with Gasteiger partial charge in [0, 0.05) is 12.2 Å². The van der Waals surface area contributed by atoms with E-state index in [2.05, 4.69) is 12.2 Å². The van der Waals surface area contributed by atoms with Crippen LogP contribution >= 0.6 is 0 Å². The molecule has 0 spiro atoms. The van der Waals surface area contributed by atoms with Gasteiger partial charge in [-0.05, 0) is 38.4 Å². The minimum Gasteiger partial charge on any atom is -0.395 e. The number of rotatable bonds is 7. The molecule has 0 aliphatic rings. The van der Waals surface area contributed by atoms with Crippen molar-refractivity contribution in [3.8, 4) is 0 Å². The largest absolute Gasteiger partial charge is 0.395 e. The van der Waals surface area contributed by atoms with E-state index in [1.807, 2.05) is 36.9 Å². The number of anilines is 1. The van der Waals surface area contributed by atoms with Crippen LogP contribution in [0.4, 0.5) is 5.69 Å². The van der Waals surface area contributed by atoms with E-state index >= 15 is 0 Å². The lowest BCUT2D eigenvalue weighted by Crippen LogP contribution is -2.35. The molecule has 4 heteroatoms. The number of benzene rings is 1. The molecule has 0 aliphatic heterocycles. The van der Waals surface area contributed by atoms with Crippen molar-refractivity contribution in [1.29, 1.82) is 0 Å². The van der Waals surface area contributed by atoms with Crippen LogP contribution in [0.25, 0.3) is 0 Å². The number of hydrogen-bond donors (Lipinski definition) is 2. The molecule has 2 N–H and O–H groups in total. The van der Waals surface area contributed by atoms with Crippen molar-refractivity contribution in [2.45, 2.75) is 27.2 Å². The number of nitrogens with zero attached hydrogens (tertiary/aromatic N) is 1. The van der Waals surface area contributed by atoms with Crippen molar-refractivity contribution in [1.82, 2.24) is 4.90 Å². The van der Waals surface area contributed by atoms with Crippen LogP contribution in [0.1, 0.15) is 24.5 Å². The highest BCUT2D eigenvalue weighted by atomic mass is 16.3. The van der Waals surface area contributed by atoms with Gasteiger partial charge in [0.25, 0.3) is 0 Å². The van der Waals surface area contributed by atoms with E-state index in [4.69, 9.17) is 5.11 Å². The Balaban J connectivity index is 2.58. The Labute approximate surface area is 115 Å². The number of carbonyl (C=O) groups is 1. The Morgan fingerprint density at radius 1 is 1.32 bits per heavy atom. The third-order valence-corrected chi connectivity index (χ3v) is 2.98. The molecule has 19 heavy (non-hydrogen) atoms. The highest BCUT2D eigenvalue weighted by Gasteiger charge is 2.10. The van der Waals surface area contributed by atoms with Crippen LogP contribution in [-0.4, -0.2) is 42.2 Å². The average Bonchev–Trinajstić information content (AvgIpc) is 2.33. The standard InChI is InChI=1S/C15H24N2O2/c1-4-7-17(8-9-18)11-15(19)16-14-6-5-12(2)10-13(14)3/h5-6,10,18H,4,7-9,11H2,1-3H3,(H,16,19). The van der Waals surface area contributed by atoms with Crippen LogP contribution in [0.3, 0.4) is 0 Å². The van der Waals surface area contributed by atoms with Gasteiger partial charge in [-0.15, -0.1) is 0 Å². The number of amides is 1. The van der Waals surface area contributed by atoms with Gasteiger partial charge in [-0.3, -0.25) is 9.69 Å². The fraction of sp³-hybridized carbons (Fsp3) is 0.533. The second kappa shape index (κ2) is 7.92. The van der Waals surface area contributed by atoms with E-state index in [9.17, 15) is 4.79 Å². The molecular weight excluding hydrogens is 240 g/mol. The summed E-state index contributed by atoms with van der Waals surface area (Å²) in [5, 5.41) is 11.9. The minimum absolute atomic E-state index is 0.0335. The molecule has 0 fully saturated rings. The molecule has 0 radical (unpaired) electrons. The first-order chi connectivity index (χ1) is 9.06. The summed E-state index contributed by atoms with van der Waals surface area (Å²) >= 11 is 0. The second-order valence-corrected chi connectivity index (χ2v) is 4.87. The Morgan fingerprint density at radius 3 is 2.63 bits per heavy atom. The minimum atomic E-state index is -0.0335. The maximum Gasteiger partial charge on any atom is 0.238 e. The lowest BCUT2D eigenvalue weighted by molar-refractivity contribution is -0.117. The molecule has 106 valence electrons. The topological polar surface area (TPSA) is 52.6 Å². The zero-order valence-corrected chi connectivity index (χ0v) is 12.1. The van der Waals surface area contributed by atoms with Crippen LogP contribution in [-0.2, 0) is 4.79 Å². The monoisotopic (exact) mass is 264 g/mol. The number of nitrogens with one attached hydrogen (secondary N) is 1. The van der Waals surface area contributed by atoms with E-state index in [-0.39, 0.29) is 12.5 Å². The maximum absolute atomic E-state index is 12.0. The second-order valence-electron chi connectivity index (χ2n) is 4.87. The molecule has 1 rings (SSSR count). The SMILES string of the molecule is CCCN(CCO)CC(=O)Nc1ccc(C)cc1C. The zero-order valence-electron chi connectivity index (χ0n) is 12.1. The smallest absolute Gasteiger partial charge is 0.238 e. The van der Waals surface area contributed by atoms with Gasteiger partial charge < -0.3 is 10.4 Å². The molecule has 0 aromatic heterocycles. The number of hydrogen-bond acceptors (Lipinski definition) is 3. The quantitative estimate of drug-likeness (QED) is 0.791. The predicted molar refractivity (Wildman–Crippen MR) is 78.4 cm³/mol. The van der Waals surface area contributed by atoms with Gasteiger partial charge in [-0.25, -0.2) is 0 Å². The Morgan fingerprint density at radius 2 is 2.05 bits per heavy atom. The first-order valence-corrected chi connectivity index (χ1v) is 6.77. The molecule has 1 aromatic rings. The number of carbonyl (C=O) groups excluding carboxylic acids is 1. The summed E-state index contributed by atoms with van der Waals surface area (Å²) in [7, 11) is 0. The van der Waals surface area contributed by atoms with E-state index in [1.165, 1.54) is 5.56 Å². The highest BCUT2D eigenvalue weighted by Crippen LogP contribution is 2.15. The molecule has 1 amide bonds. The Bertz CT molecular complexity index is 413. The number of aliphatic hydroxyl groups excluding tert-OH is 1. The van der Waals surface area contributed by atoms with Gasteiger partial charge in [0.1, 0.15) is 0 Å². The Hall–Kier alpha value is -1.39. The normalized spacial score (nSPS) is 10.8. The fourth-order valence-electron chi connectivity index (χ4n) is 2.07. The van der Waals surface area contributed by atoms with Crippen molar-refractivity contribution in [2.24, 2.45) is 0 Å². The molecule has 0 bridgehead atoms. The predicted octanol–water partition coefficient (Wildman–Crippen LogP) is 1.95. The van der Waals surface area contributed by atoms with E-state index < -0.39 is 0 Å². The van der Waals surface area contributed by atoms with Crippen molar-refractivity contribution in [3.63, 3.8) is 0 Å². The van der Waals surface area contributed by atoms with Crippen molar-refractivity contribution in [2.75, 3.05) is 31.6 Å². The van der Waals surface area contributed by atoms with E-state index in [1.54, 1.807) is 0 Å². The van der Waals surface area contributed by atoms with Crippen LogP contribution in [0.15, 0.2) is 18.2 Å². The van der Waals surface area contributed by atoms with Gasteiger partial charge in [-0.2, -0.15) is 0 Å². The highest BCUT2D eigenvalue weighted by molar-refractivity contribution is 5.93. The third-order valence-electron chi connectivity index (χ3n) is 2.98. The summed E-state index contributed by atoms with van der Waals surface area (Å²) in [5.41, 5.74) is 3.11. The molecule has 0 unspecified atom stereocenters. The van der Waals surface area contributed by atoms with E-state index in [0.717, 1.165) is 24.2 Å². The van der Waals surface area contributed by atoms with Gasteiger partial charge in [0.15, 0.2) is 0 Å². The first-order valence-electron chi connectivity index (χ1n) is 6.77. The van der Waals surface area contributed by atoms with E-state index in [0.29, 0.717) is 13.1 Å². The lowest BCUT2D eigenvalue weighted by Gasteiger charge is -2.20. The summed E-state index contributed by atoms with van der Waals surface area (Å²) in [4.78, 5) is 13.9. The molecule has 0 atom stereocenters. The average molecular weight is 264 g/mol. The zero-order chi connectivity index (χ0) is 14.3. The molecule has 0 saturated heterocycles. The molecular formula is C15H24N2O2. The van der Waals surface area contributed by atoms with Gasteiger partial charge in [0.05, 0.1) is 13.2 Å².